The van der Waals surface area contributed by atoms with E-state index in [4.69, 9.17) is 4.74 Å². The number of aliphatic imine (C=N–C) groups is 1. The average molecular weight is 540 g/mol. The van der Waals surface area contributed by atoms with Crippen LogP contribution >= 0.6 is 24.0 Å². The molecular weight excluding hydrogens is 503 g/mol. The van der Waals surface area contributed by atoms with Gasteiger partial charge < -0.3 is 19.9 Å². The molecule has 7 heteroatoms. The van der Waals surface area contributed by atoms with Gasteiger partial charge in [0.2, 0.25) is 0 Å². The Morgan fingerprint density at radius 3 is 2.61 bits per heavy atom. The molecule has 2 aromatic rings. The summed E-state index contributed by atoms with van der Waals surface area (Å²) in [5.41, 5.74) is 3.37. The van der Waals surface area contributed by atoms with Crippen molar-refractivity contribution in [2.75, 3.05) is 13.6 Å². The minimum atomic E-state index is 0. The third-order valence-electron chi connectivity index (χ3n) is 5.16. The van der Waals surface area contributed by atoms with Crippen molar-refractivity contribution in [3.8, 4) is 5.75 Å². The van der Waals surface area contributed by atoms with Crippen LogP contribution in [0, 0.1) is 13.8 Å². The zero-order valence-electron chi connectivity index (χ0n) is 19.4. The lowest BCUT2D eigenvalue weighted by atomic mass is 10.1. The second-order valence-electron chi connectivity index (χ2n) is 7.66. The second kappa shape index (κ2) is 14.1. The normalized spacial score (nSPS) is 12.1. The molecule has 0 aliphatic rings. The number of nitrogens with zero attached hydrogens (tertiary/aromatic N) is 2. The molecule has 0 aliphatic carbocycles. The third kappa shape index (κ3) is 8.93. The number of hydrogen-bond acceptors (Lipinski definition) is 3. The van der Waals surface area contributed by atoms with Crippen molar-refractivity contribution in [1.29, 1.82) is 0 Å². The van der Waals surface area contributed by atoms with E-state index in [1.807, 2.05) is 17.6 Å². The van der Waals surface area contributed by atoms with Gasteiger partial charge in [-0.1, -0.05) is 25.1 Å². The summed E-state index contributed by atoms with van der Waals surface area (Å²) in [4.78, 5) is 16.2. The number of benzene rings is 1. The molecule has 1 aromatic carbocycles. The number of aromatic nitrogens is 1. The minimum Gasteiger partial charge on any atom is -0.490 e. The number of rotatable bonds is 10. The predicted octanol–water partition coefficient (Wildman–Crippen LogP) is 4.41. The van der Waals surface area contributed by atoms with Gasteiger partial charge in [0.1, 0.15) is 5.75 Å². The Morgan fingerprint density at radius 1 is 1.16 bits per heavy atom. The predicted molar refractivity (Wildman–Crippen MR) is 140 cm³/mol. The summed E-state index contributed by atoms with van der Waals surface area (Å²) in [6.07, 6.45) is 3.04. The first-order valence-corrected chi connectivity index (χ1v) is 10.8. The fraction of sp³-hybridized carbons (Fsp3) is 0.500. The van der Waals surface area contributed by atoms with Gasteiger partial charge in [-0.05, 0) is 57.7 Å². The van der Waals surface area contributed by atoms with Crippen molar-refractivity contribution in [3.63, 3.8) is 0 Å². The van der Waals surface area contributed by atoms with Crippen LogP contribution in [0.2, 0.25) is 0 Å². The molecule has 0 fully saturated rings. The summed E-state index contributed by atoms with van der Waals surface area (Å²) < 4.78 is 7.91. The zero-order valence-corrected chi connectivity index (χ0v) is 21.7. The SMILES string of the molecule is CCC(C)Oc1cc(C)ccc1CNC(=NC)NCCCCn1c(C)cccc1=O.I. The Hall–Kier alpha value is -2.03. The van der Waals surface area contributed by atoms with E-state index in [-0.39, 0.29) is 35.6 Å². The Morgan fingerprint density at radius 2 is 1.94 bits per heavy atom. The van der Waals surface area contributed by atoms with Gasteiger partial charge >= 0.3 is 0 Å². The van der Waals surface area contributed by atoms with Crippen LogP contribution in [0.15, 0.2) is 46.2 Å². The molecule has 0 bridgehead atoms. The van der Waals surface area contributed by atoms with Crippen molar-refractivity contribution in [1.82, 2.24) is 15.2 Å². The fourth-order valence-electron chi connectivity index (χ4n) is 3.13. The van der Waals surface area contributed by atoms with Crippen LogP contribution < -0.4 is 20.9 Å². The summed E-state index contributed by atoms with van der Waals surface area (Å²) in [6.45, 7) is 10.4. The molecule has 0 amide bonds. The second-order valence-corrected chi connectivity index (χ2v) is 7.66. The van der Waals surface area contributed by atoms with Gasteiger partial charge in [0.15, 0.2) is 5.96 Å². The number of halogens is 1. The van der Waals surface area contributed by atoms with E-state index < -0.39 is 0 Å². The summed E-state index contributed by atoms with van der Waals surface area (Å²) in [6, 6.07) is 11.7. The molecule has 2 N–H and O–H groups in total. The Kier molecular flexibility index (Phi) is 12.3. The van der Waals surface area contributed by atoms with Crippen LogP contribution in [-0.4, -0.2) is 30.2 Å². The molecule has 0 aliphatic heterocycles. The van der Waals surface area contributed by atoms with Gasteiger partial charge in [0.25, 0.3) is 5.56 Å². The molecule has 31 heavy (non-hydrogen) atoms. The summed E-state index contributed by atoms with van der Waals surface area (Å²) in [5.74, 6) is 1.69. The van der Waals surface area contributed by atoms with E-state index in [2.05, 4.69) is 54.6 Å². The fourth-order valence-corrected chi connectivity index (χ4v) is 3.13. The summed E-state index contributed by atoms with van der Waals surface area (Å²) in [7, 11) is 1.77. The van der Waals surface area contributed by atoms with Crippen molar-refractivity contribution >= 4 is 29.9 Å². The molecule has 0 radical (unpaired) electrons. The number of nitrogens with one attached hydrogen (secondary N) is 2. The number of guanidine groups is 1. The van der Waals surface area contributed by atoms with Crippen molar-refractivity contribution in [2.24, 2.45) is 4.99 Å². The number of unbranched alkanes of at least 4 members (excludes halogenated alkanes) is 1. The minimum absolute atomic E-state index is 0. The van der Waals surface area contributed by atoms with Crippen LogP contribution in [0.5, 0.6) is 5.75 Å². The van der Waals surface area contributed by atoms with Crippen LogP contribution in [0.4, 0.5) is 0 Å². The maximum Gasteiger partial charge on any atom is 0.250 e. The summed E-state index contributed by atoms with van der Waals surface area (Å²) in [5, 5.41) is 6.72. The average Bonchev–Trinajstić information content (AvgIpc) is 2.72. The van der Waals surface area contributed by atoms with Gasteiger partial charge in [-0.25, -0.2) is 0 Å². The lowest BCUT2D eigenvalue weighted by Crippen LogP contribution is -2.37. The smallest absolute Gasteiger partial charge is 0.250 e. The van der Waals surface area contributed by atoms with Crippen LogP contribution in [0.1, 0.15) is 49.9 Å². The highest BCUT2D eigenvalue weighted by Gasteiger charge is 2.09. The number of ether oxygens (including phenoxy) is 1. The maximum absolute atomic E-state index is 11.9. The largest absolute Gasteiger partial charge is 0.490 e. The first-order valence-electron chi connectivity index (χ1n) is 10.8. The molecule has 0 saturated carbocycles. The molecule has 0 saturated heterocycles. The van der Waals surface area contributed by atoms with E-state index in [1.54, 1.807) is 19.2 Å². The Labute approximate surface area is 203 Å². The van der Waals surface area contributed by atoms with Gasteiger partial charge in [-0.15, -0.1) is 24.0 Å². The molecule has 0 spiro atoms. The van der Waals surface area contributed by atoms with Crippen molar-refractivity contribution in [3.05, 3.63) is 63.6 Å². The van der Waals surface area contributed by atoms with Gasteiger partial charge in [-0.3, -0.25) is 9.79 Å². The lowest BCUT2D eigenvalue weighted by molar-refractivity contribution is 0.215. The molecule has 172 valence electrons. The zero-order chi connectivity index (χ0) is 21.9. The topological polar surface area (TPSA) is 67.7 Å². The quantitative estimate of drug-likeness (QED) is 0.203. The Bertz CT molecular complexity index is 895. The lowest BCUT2D eigenvalue weighted by Gasteiger charge is -2.18. The maximum atomic E-state index is 11.9. The van der Waals surface area contributed by atoms with E-state index in [1.165, 1.54) is 5.56 Å². The van der Waals surface area contributed by atoms with Gasteiger partial charge in [-0.2, -0.15) is 0 Å². The molecule has 1 aromatic heterocycles. The van der Waals surface area contributed by atoms with Crippen LogP contribution in [-0.2, 0) is 13.1 Å². The van der Waals surface area contributed by atoms with Crippen molar-refractivity contribution in [2.45, 2.75) is 66.2 Å². The number of pyridine rings is 1. The first-order chi connectivity index (χ1) is 14.4. The summed E-state index contributed by atoms with van der Waals surface area (Å²) >= 11 is 0. The van der Waals surface area contributed by atoms with Crippen molar-refractivity contribution < 1.29 is 4.74 Å². The van der Waals surface area contributed by atoms with E-state index >= 15 is 0 Å². The third-order valence-corrected chi connectivity index (χ3v) is 5.16. The first kappa shape index (κ1) is 27.0. The molecule has 6 nitrogen and oxygen atoms in total. The van der Waals surface area contributed by atoms with Gasteiger partial charge in [0, 0.05) is 44.0 Å². The van der Waals surface area contributed by atoms with Crippen LogP contribution in [0.25, 0.3) is 0 Å². The Balaban J connectivity index is 0.00000480. The number of hydrogen-bond donors (Lipinski definition) is 2. The molecule has 1 unspecified atom stereocenters. The molecule has 2 rings (SSSR count). The molecule has 1 heterocycles. The highest BCUT2D eigenvalue weighted by molar-refractivity contribution is 14.0. The van der Waals surface area contributed by atoms with Crippen LogP contribution in [0.3, 0.4) is 0 Å². The molecule has 1 atom stereocenters. The molecular formula is C24H37IN4O2. The monoisotopic (exact) mass is 540 g/mol. The standard InChI is InChI=1S/C24H36N4O2.HI/c1-6-20(4)30-22-16-18(2)12-13-21(22)17-27-24(25-5)26-14-7-8-15-28-19(3)10-9-11-23(28)29;/h9-13,16,20H,6-8,14-15,17H2,1-5H3,(H2,25,26,27);1H. The van der Waals surface area contributed by atoms with E-state index in [0.717, 1.165) is 55.3 Å². The van der Waals surface area contributed by atoms with Gasteiger partial charge in [0.05, 0.1) is 6.10 Å². The highest BCUT2D eigenvalue weighted by Crippen LogP contribution is 2.22. The number of aryl methyl sites for hydroxylation is 2. The van der Waals surface area contributed by atoms with E-state index in [9.17, 15) is 4.79 Å². The highest BCUT2D eigenvalue weighted by atomic mass is 127. The van der Waals surface area contributed by atoms with E-state index in [0.29, 0.717) is 6.54 Å².